The average Bonchev–Trinajstić information content (AvgIpc) is 2.84. The van der Waals surface area contributed by atoms with Crippen molar-refractivity contribution < 1.29 is 8.42 Å². The molecule has 108 valence electrons. The van der Waals surface area contributed by atoms with E-state index in [1.807, 2.05) is 19.2 Å². The van der Waals surface area contributed by atoms with Crippen molar-refractivity contribution in [3.63, 3.8) is 0 Å². The van der Waals surface area contributed by atoms with Crippen LogP contribution >= 0.6 is 11.3 Å². The molecule has 9 heteroatoms. The first-order valence-electron chi connectivity index (χ1n) is 5.98. The molecule has 2 rings (SSSR count). The highest BCUT2D eigenvalue weighted by atomic mass is 32.2. The molecule has 0 aliphatic carbocycles. The van der Waals surface area contributed by atoms with Gasteiger partial charge in [0.15, 0.2) is 0 Å². The molecule has 0 aliphatic rings. The summed E-state index contributed by atoms with van der Waals surface area (Å²) in [6.45, 7) is 4.61. The zero-order valence-electron chi connectivity index (χ0n) is 11.1. The number of hydrogen-bond donors (Lipinski definition) is 2. The molecule has 0 amide bonds. The minimum absolute atomic E-state index is 0.0334. The van der Waals surface area contributed by atoms with Crippen LogP contribution in [-0.4, -0.2) is 29.9 Å². The number of aromatic nitrogens is 3. The molecule has 0 spiro atoms. The molecular formula is C11H15N5O2S2. The van der Waals surface area contributed by atoms with Crippen LogP contribution in [0.25, 0.3) is 0 Å². The highest BCUT2D eigenvalue weighted by molar-refractivity contribution is 7.89. The number of hydrogen-bond acceptors (Lipinski definition) is 7. The van der Waals surface area contributed by atoms with E-state index < -0.39 is 10.0 Å². The normalized spacial score (nSPS) is 11.5. The Morgan fingerprint density at radius 3 is 2.55 bits per heavy atom. The highest BCUT2D eigenvalue weighted by Gasteiger charge is 2.15. The van der Waals surface area contributed by atoms with E-state index in [2.05, 4.69) is 25.0 Å². The van der Waals surface area contributed by atoms with E-state index in [9.17, 15) is 8.42 Å². The Labute approximate surface area is 121 Å². The predicted molar refractivity (Wildman–Crippen MR) is 77.1 cm³/mol. The third-order valence-electron chi connectivity index (χ3n) is 2.38. The summed E-state index contributed by atoms with van der Waals surface area (Å²) >= 11 is 1.48. The summed E-state index contributed by atoms with van der Waals surface area (Å²) < 4.78 is 26.6. The molecule has 0 fully saturated rings. The van der Waals surface area contributed by atoms with Gasteiger partial charge in [-0.25, -0.2) is 28.1 Å². The Morgan fingerprint density at radius 2 is 2.00 bits per heavy atom. The van der Waals surface area contributed by atoms with Crippen LogP contribution in [-0.2, 0) is 16.6 Å². The van der Waals surface area contributed by atoms with E-state index in [1.54, 1.807) is 0 Å². The first kappa shape index (κ1) is 14.8. The number of nitrogens with zero attached hydrogens (tertiary/aromatic N) is 3. The second-order valence-electron chi connectivity index (χ2n) is 3.96. The van der Waals surface area contributed by atoms with Gasteiger partial charge in [-0.05, 0) is 13.8 Å². The summed E-state index contributed by atoms with van der Waals surface area (Å²) in [7, 11) is -3.62. The van der Waals surface area contributed by atoms with Crippen molar-refractivity contribution in [1.82, 2.24) is 19.7 Å². The summed E-state index contributed by atoms with van der Waals surface area (Å²) in [5.41, 5.74) is 0.696. The van der Waals surface area contributed by atoms with Crippen molar-refractivity contribution in [1.29, 1.82) is 0 Å². The minimum Gasteiger partial charge on any atom is -0.355 e. The fourth-order valence-corrected chi connectivity index (χ4v) is 2.95. The molecule has 2 aromatic heterocycles. The van der Waals surface area contributed by atoms with Crippen molar-refractivity contribution in [2.45, 2.75) is 25.3 Å². The van der Waals surface area contributed by atoms with Crippen molar-refractivity contribution in [2.24, 2.45) is 0 Å². The Bertz CT molecular complexity index is 666. The van der Waals surface area contributed by atoms with Gasteiger partial charge in [-0.3, -0.25) is 0 Å². The summed E-state index contributed by atoms with van der Waals surface area (Å²) in [6, 6.07) is 0. The molecule has 0 saturated heterocycles. The van der Waals surface area contributed by atoms with Gasteiger partial charge in [-0.1, -0.05) is 0 Å². The topological polar surface area (TPSA) is 96.9 Å². The molecule has 2 N–H and O–H groups in total. The molecule has 0 bridgehead atoms. The molecule has 7 nitrogen and oxygen atoms in total. The number of sulfonamides is 1. The second kappa shape index (κ2) is 6.25. The van der Waals surface area contributed by atoms with Crippen LogP contribution in [0, 0.1) is 6.92 Å². The summed E-state index contributed by atoms with van der Waals surface area (Å²) in [4.78, 5) is 12.1. The molecule has 0 atom stereocenters. The average molecular weight is 313 g/mol. The van der Waals surface area contributed by atoms with Crippen LogP contribution in [0.15, 0.2) is 22.7 Å². The van der Waals surface area contributed by atoms with E-state index in [1.165, 1.54) is 23.7 Å². The van der Waals surface area contributed by atoms with Crippen LogP contribution in [0.5, 0.6) is 0 Å². The second-order valence-corrected chi connectivity index (χ2v) is 6.78. The van der Waals surface area contributed by atoms with Gasteiger partial charge in [0.2, 0.25) is 16.0 Å². The van der Waals surface area contributed by atoms with Gasteiger partial charge in [0, 0.05) is 11.9 Å². The quantitative estimate of drug-likeness (QED) is 0.830. The van der Waals surface area contributed by atoms with Crippen LogP contribution in [0.2, 0.25) is 0 Å². The number of rotatable bonds is 6. The van der Waals surface area contributed by atoms with Crippen molar-refractivity contribution in [2.75, 3.05) is 11.9 Å². The lowest BCUT2D eigenvalue weighted by atomic mass is 10.5. The largest absolute Gasteiger partial charge is 0.355 e. The lowest BCUT2D eigenvalue weighted by Crippen LogP contribution is -2.23. The number of anilines is 1. The van der Waals surface area contributed by atoms with Gasteiger partial charge in [0.1, 0.15) is 4.90 Å². The third kappa shape index (κ3) is 3.71. The van der Waals surface area contributed by atoms with E-state index in [4.69, 9.17) is 0 Å². The van der Waals surface area contributed by atoms with E-state index in [-0.39, 0.29) is 11.4 Å². The Morgan fingerprint density at radius 1 is 1.30 bits per heavy atom. The van der Waals surface area contributed by atoms with Gasteiger partial charge >= 0.3 is 0 Å². The van der Waals surface area contributed by atoms with Crippen LogP contribution < -0.4 is 10.0 Å². The molecule has 20 heavy (non-hydrogen) atoms. The minimum atomic E-state index is -3.62. The molecule has 0 aliphatic heterocycles. The molecule has 0 aromatic carbocycles. The molecule has 0 saturated carbocycles. The maximum Gasteiger partial charge on any atom is 0.244 e. The first-order chi connectivity index (χ1) is 9.51. The maximum absolute atomic E-state index is 12.0. The van der Waals surface area contributed by atoms with Gasteiger partial charge in [-0.15, -0.1) is 11.3 Å². The van der Waals surface area contributed by atoms with E-state index in [0.717, 1.165) is 5.01 Å². The van der Waals surface area contributed by atoms with E-state index >= 15 is 0 Å². The molecule has 0 unspecified atom stereocenters. The Kier molecular flexibility index (Phi) is 4.63. The van der Waals surface area contributed by atoms with Crippen LogP contribution in [0.4, 0.5) is 5.95 Å². The number of aryl methyl sites for hydroxylation is 1. The lowest BCUT2D eigenvalue weighted by Gasteiger charge is -2.06. The summed E-state index contributed by atoms with van der Waals surface area (Å²) in [6.07, 6.45) is 2.55. The fourth-order valence-electron chi connectivity index (χ4n) is 1.45. The standard InChI is InChI=1S/C11H15N5O2S2/c1-3-12-11-13-5-10(6-14-11)20(17,18)15-4-9-7-19-8(2)16-9/h5-7,15H,3-4H2,1-2H3,(H,12,13,14). The highest BCUT2D eigenvalue weighted by Crippen LogP contribution is 2.10. The SMILES string of the molecule is CCNc1ncc(S(=O)(=O)NCc2csc(C)n2)cn1. The summed E-state index contributed by atoms with van der Waals surface area (Å²) in [5.74, 6) is 0.404. The molecule has 2 heterocycles. The van der Waals surface area contributed by atoms with Crippen LogP contribution in [0.1, 0.15) is 17.6 Å². The van der Waals surface area contributed by atoms with Crippen molar-refractivity contribution in [3.8, 4) is 0 Å². The zero-order valence-corrected chi connectivity index (χ0v) is 12.8. The predicted octanol–water partition coefficient (Wildman–Crippen LogP) is 1.15. The molecule has 2 aromatic rings. The van der Waals surface area contributed by atoms with Gasteiger partial charge in [-0.2, -0.15) is 0 Å². The molecular weight excluding hydrogens is 298 g/mol. The van der Waals surface area contributed by atoms with Crippen molar-refractivity contribution in [3.05, 3.63) is 28.5 Å². The summed E-state index contributed by atoms with van der Waals surface area (Å²) in [5, 5.41) is 5.62. The van der Waals surface area contributed by atoms with E-state index in [0.29, 0.717) is 18.2 Å². The zero-order chi connectivity index (χ0) is 14.6. The van der Waals surface area contributed by atoms with Crippen LogP contribution in [0.3, 0.4) is 0 Å². The van der Waals surface area contributed by atoms with Gasteiger partial charge in [0.05, 0.1) is 29.6 Å². The smallest absolute Gasteiger partial charge is 0.244 e. The molecule has 0 radical (unpaired) electrons. The number of thiazole rings is 1. The Hall–Kier alpha value is -1.58. The third-order valence-corrected chi connectivity index (χ3v) is 4.56. The van der Waals surface area contributed by atoms with Crippen molar-refractivity contribution >= 4 is 27.3 Å². The Balaban J connectivity index is 2.05. The maximum atomic E-state index is 12.0. The first-order valence-corrected chi connectivity index (χ1v) is 8.34. The lowest BCUT2D eigenvalue weighted by molar-refractivity contribution is 0.579. The fraction of sp³-hybridized carbons (Fsp3) is 0.364. The van der Waals surface area contributed by atoms with Gasteiger partial charge < -0.3 is 5.32 Å². The van der Waals surface area contributed by atoms with Gasteiger partial charge in [0.25, 0.3) is 0 Å². The number of nitrogens with one attached hydrogen (secondary N) is 2. The monoisotopic (exact) mass is 313 g/mol.